The highest BCUT2D eigenvalue weighted by Crippen LogP contribution is 2.17. The lowest BCUT2D eigenvalue weighted by molar-refractivity contribution is -0.0618. The molecule has 0 amide bonds. The van der Waals surface area contributed by atoms with Crippen molar-refractivity contribution >= 4 is 5.69 Å². The number of anilines is 1. The van der Waals surface area contributed by atoms with Crippen LogP contribution >= 0.6 is 0 Å². The Morgan fingerprint density at radius 3 is 2.78 bits per heavy atom. The van der Waals surface area contributed by atoms with Crippen molar-refractivity contribution in [3.05, 3.63) is 29.8 Å². The van der Waals surface area contributed by atoms with Gasteiger partial charge in [-0.3, -0.25) is 4.90 Å². The first-order valence-electron chi connectivity index (χ1n) is 6.17. The Hall–Kier alpha value is -1.14. The third kappa shape index (κ3) is 3.43. The van der Waals surface area contributed by atoms with E-state index in [1.165, 1.54) is 0 Å². The first-order valence-corrected chi connectivity index (χ1v) is 6.17. The van der Waals surface area contributed by atoms with Crippen LogP contribution in [0.15, 0.2) is 24.3 Å². The summed E-state index contributed by atoms with van der Waals surface area (Å²) >= 11 is 0. The summed E-state index contributed by atoms with van der Waals surface area (Å²) in [7, 11) is 0. The largest absolute Gasteiger partial charge is 0.399 e. The zero-order valence-electron chi connectivity index (χ0n) is 10.3. The molecule has 1 aliphatic heterocycles. The van der Waals surface area contributed by atoms with Crippen LogP contribution in [0.1, 0.15) is 11.7 Å². The minimum Gasteiger partial charge on any atom is -0.399 e. The van der Waals surface area contributed by atoms with Crippen LogP contribution in [-0.2, 0) is 4.74 Å². The molecule has 0 bridgehead atoms. The van der Waals surface area contributed by atoms with Crippen LogP contribution in [-0.4, -0.2) is 54.1 Å². The van der Waals surface area contributed by atoms with Gasteiger partial charge in [0, 0.05) is 25.3 Å². The second kappa shape index (κ2) is 6.15. The number of nitrogens with zero attached hydrogens (tertiary/aromatic N) is 1. The Bertz CT molecular complexity index is 369. The molecule has 1 aliphatic rings. The van der Waals surface area contributed by atoms with E-state index >= 15 is 0 Å². The zero-order valence-corrected chi connectivity index (χ0v) is 10.3. The molecule has 0 spiro atoms. The summed E-state index contributed by atoms with van der Waals surface area (Å²) in [6, 6.07) is 7.25. The van der Waals surface area contributed by atoms with Crippen molar-refractivity contribution in [3.63, 3.8) is 0 Å². The van der Waals surface area contributed by atoms with Gasteiger partial charge in [0.25, 0.3) is 0 Å². The molecule has 5 nitrogen and oxygen atoms in total. The fourth-order valence-electron chi connectivity index (χ4n) is 2.12. The molecular weight excluding hydrogens is 232 g/mol. The molecule has 1 fully saturated rings. The fraction of sp³-hybridized carbons (Fsp3) is 0.538. The van der Waals surface area contributed by atoms with Gasteiger partial charge >= 0.3 is 0 Å². The summed E-state index contributed by atoms with van der Waals surface area (Å²) in [6.07, 6.45) is -0.680. The van der Waals surface area contributed by atoms with Crippen LogP contribution in [0.3, 0.4) is 0 Å². The van der Waals surface area contributed by atoms with Gasteiger partial charge < -0.3 is 20.7 Å². The van der Waals surface area contributed by atoms with Crippen molar-refractivity contribution in [1.29, 1.82) is 0 Å². The molecule has 2 unspecified atom stereocenters. The summed E-state index contributed by atoms with van der Waals surface area (Å²) < 4.78 is 5.37. The topological polar surface area (TPSA) is 79.0 Å². The minimum atomic E-state index is -0.539. The predicted molar refractivity (Wildman–Crippen MR) is 69.1 cm³/mol. The summed E-state index contributed by atoms with van der Waals surface area (Å²) in [6.45, 7) is 2.60. The monoisotopic (exact) mass is 252 g/mol. The van der Waals surface area contributed by atoms with Crippen LogP contribution < -0.4 is 5.73 Å². The molecule has 2 rings (SSSR count). The second-order valence-electron chi connectivity index (χ2n) is 4.62. The van der Waals surface area contributed by atoms with E-state index in [9.17, 15) is 5.11 Å². The molecular formula is C13H20N2O3. The number of morpholine rings is 1. The number of β-amino-alcohol motifs (C(OH)–C–C–N with tert-alkyl or cyclic N) is 1. The molecule has 18 heavy (non-hydrogen) atoms. The fourth-order valence-corrected chi connectivity index (χ4v) is 2.12. The van der Waals surface area contributed by atoms with E-state index in [-0.39, 0.29) is 12.7 Å². The van der Waals surface area contributed by atoms with Gasteiger partial charge in [-0.25, -0.2) is 0 Å². The number of benzene rings is 1. The van der Waals surface area contributed by atoms with Crippen LogP contribution in [0.4, 0.5) is 5.69 Å². The van der Waals surface area contributed by atoms with Gasteiger partial charge in [0.15, 0.2) is 0 Å². The highest BCUT2D eigenvalue weighted by Gasteiger charge is 2.22. The van der Waals surface area contributed by atoms with Gasteiger partial charge in [0.1, 0.15) is 0 Å². The highest BCUT2D eigenvalue weighted by atomic mass is 16.5. The number of ether oxygens (including phenoxy) is 1. The molecule has 1 saturated heterocycles. The predicted octanol–water partition coefficient (Wildman–Crippen LogP) is -0.00470. The number of nitrogens with two attached hydrogens (primary N) is 1. The quantitative estimate of drug-likeness (QED) is 0.657. The lowest BCUT2D eigenvalue weighted by Crippen LogP contribution is -2.45. The van der Waals surface area contributed by atoms with Crippen LogP contribution in [0, 0.1) is 0 Å². The Labute approximate surface area is 107 Å². The van der Waals surface area contributed by atoms with Crippen LogP contribution in [0.5, 0.6) is 0 Å². The number of rotatable bonds is 4. The molecule has 1 heterocycles. The number of hydrogen-bond donors (Lipinski definition) is 3. The van der Waals surface area contributed by atoms with Gasteiger partial charge in [-0.15, -0.1) is 0 Å². The third-order valence-corrected chi connectivity index (χ3v) is 3.18. The van der Waals surface area contributed by atoms with Crippen molar-refractivity contribution in [1.82, 2.24) is 4.90 Å². The lowest BCUT2D eigenvalue weighted by atomic mass is 10.1. The molecule has 0 aromatic heterocycles. The van der Waals surface area contributed by atoms with Crippen molar-refractivity contribution in [2.75, 3.05) is 38.6 Å². The van der Waals surface area contributed by atoms with Crippen LogP contribution in [0.25, 0.3) is 0 Å². The standard InChI is InChI=1S/C13H20N2O3/c14-11-3-1-10(2-4-11)13(17)8-15-5-6-18-12(7-15)9-16/h1-4,12-13,16-17H,5-9,14H2. The summed E-state index contributed by atoms with van der Waals surface area (Å²) in [4.78, 5) is 2.10. The first-order chi connectivity index (χ1) is 8.69. The number of aliphatic hydroxyl groups excluding tert-OH is 2. The molecule has 4 N–H and O–H groups in total. The lowest BCUT2D eigenvalue weighted by Gasteiger charge is -2.33. The van der Waals surface area contributed by atoms with Gasteiger partial charge in [-0.2, -0.15) is 0 Å². The first kappa shape index (κ1) is 13.3. The molecule has 0 aliphatic carbocycles. The molecule has 0 radical (unpaired) electrons. The summed E-state index contributed by atoms with van der Waals surface area (Å²) in [5.41, 5.74) is 7.16. The summed E-state index contributed by atoms with van der Waals surface area (Å²) in [5, 5.41) is 19.2. The van der Waals surface area contributed by atoms with E-state index in [0.717, 1.165) is 12.1 Å². The number of nitrogen functional groups attached to an aromatic ring is 1. The Morgan fingerprint density at radius 2 is 2.11 bits per heavy atom. The molecule has 1 aromatic rings. The van der Waals surface area contributed by atoms with Gasteiger partial charge in [0.2, 0.25) is 0 Å². The maximum atomic E-state index is 10.1. The van der Waals surface area contributed by atoms with Crippen molar-refractivity contribution in [2.24, 2.45) is 0 Å². The van der Waals surface area contributed by atoms with Crippen molar-refractivity contribution < 1.29 is 14.9 Å². The zero-order chi connectivity index (χ0) is 13.0. The highest BCUT2D eigenvalue weighted by molar-refractivity contribution is 5.39. The van der Waals surface area contributed by atoms with Gasteiger partial charge in [-0.05, 0) is 17.7 Å². The van der Waals surface area contributed by atoms with E-state index in [1.807, 2.05) is 12.1 Å². The van der Waals surface area contributed by atoms with E-state index in [2.05, 4.69) is 4.90 Å². The van der Waals surface area contributed by atoms with E-state index in [4.69, 9.17) is 15.6 Å². The maximum Gasteiger partial charge on any atom is 0.0932 e. The molecule has 100 valence electrons. The smallest absolute Gasteiger partial charge is 0.0932 e. The molecule has 1 aromatic carbocycles. The Kier molecular flexibility index (Phi) is 4.54. The number of hydrogen-bond acceptors (Lipinski definition) is 5. The SMILES string of the molecule is Nc1ccc(C(O)CN2CCOC(CO)C2)cc1. The Morgan fingerprint density at radius 1 is 1.39 bits per heavy atom. The van der Waals surface area contributed by atoms with Gasteiger partial charge in [0.05, 0.1) is 25.4 Å². The van der Waals surface area contributed by atoms with Crippen molar-refractivity contribution in [2.45, 2.75) is 12.2 Å². The Balaban J connectivity index is 1.90. The van der Waals surface area contributed by atoms with Gasteiger partial charge in [-0.1, -0.05) is 12.1 Å². The molecule has 0 saturated carbocycles. The maximum absolute atomic E-state index is 10.1. The normalized spacial score (nSPS) is 22.9. The van der Waals surface area contributed by atoms with E-state index in [1.54, 1.807) is 12.1 Å². The van der Waals surface area contributed by atoms with Crippen LogP contribution in [0.2, 0.25) is 0 Å². The molecule has 2 atom stereocenters. The number of aliphatic hydroxyl groups is 2. The second-order valence-corrected chi connectivity index (χ2v) is 4.62. The molecule has 5 heteroatoms. The van der Waals surface area contributed by atoms with Crippen molar-refractivity contribution in [3.8, 4) is 0 Å². The third-order valence-electron chi connectivity index (χ3n) is 3.18. The average Bonchev–Trinajstić information content (AvgIpc) is 2.39. The average molecular weight is 252 g/mol. The van der Waals surface area contributed by atoms with E-state index < -0.39 is 6.10 Å². The summed E-state index contributed by atoms with van der Waals surface area (Å²) in [5.74, 6) is 0. The minimum absolute atomic E-state index is 0.0223. The van der Waals surface area contributed by atoms with E-state index in [0.29, 0.717) is 25.4 Å².